The van der Waals surface area contributed by atoms with E-state index in [0.29, 0.717) is 11.8 Å². The fraction of sp³-hybridized carbons (Fsp3) is 0.0769. The molecule has 0 saturated heterocycles. The van der Waals surface area contributed by atoms with Crippen LogP contribution in [0.5, 0.6) is 11.6 Å². The zero-order valence-electron chi connectivity index (χ0n) is 9.98. The molecule has 0 aliphatic carbocycles. The van der Waals surface area contributed by atoms with Crippen molar-refractivity contribution in [3.05, 3.63) is 47.7 Å². The first-order valence-electron chi connectivity index (χ1n) is 5.41. The Balaban J connectivity index is 2.21. The van der Waals surface area contributed by atoms with Gasteiger partial charge in [-0.05, 0) is 24.3 Å². The Kier molecular flexibility index (Phi) is 3.48. The molecule has 7 heteroatoms. The number of rotatable bonds is 2. The van der Waals surface area contributed by atoms with Crippen LogP contribution in [-0.2, 0) is 6.18 Å². The fourth-order valence-corrected chi connectivity index (χ4v) is 1.43. The van der Waals surface area contributed by atoms with Crippen molar-refractivity contribution in [1.82, 2.24) is 4.98 Å². The second-order valence-electron chi connectivity index (χ2n) is 3.85. The number of nitrogen functional groups attached to an aromatic ring is 1. The van der Waals surface area contributed by atoms with Crippen molar-refractivity contribution in [3.63, 3.8) is 0 Å². The molecule has 0 aliphatic rings. The molecular formula is C13H8F3N3O. The molecule has 102 valence electrons. The lowest BCUT2D eigenvalue weighted by Gasteiger charge is -2.09. The number of benzene rings is 1. The highest BCUT2D eigenvalue weighted by Crippen LogP contribution is 2.31. The molecule has 0 bridgehead atoms. The molecule has 1 aromatic carbocycles. The van der Waals surface area contributed by atoms with Crippen molar-refractivity contribution in [3.8, 4) is 17.7 Å². The van der Waals surface area contributed by atoms with Crippen LogP contribution < -0.4 is 10.5 Å². The first-order valence-corrected chi connectivity index (χ1v) is 5.41. The van der Waals surface area contributed by atoms with Crippen molar-refractivity contribution in [1.29, 1.82) is 5.26 Å². The molecule has 4 nitrogen and oxygen atoms in total. The normalized spacial score (nSPS) is 10.9. The zero-order chi connectivity index (χ0) is 14.8. The smallest absolute Gasteiger partial charge is 0.417 e. The highest BCUT2D eigenvalue weighted by Gasteiger charge is 2.30. The SMILES string of the molecule is N#Cc1ccc(Oc2ccc(C(F)(F)F)cn2)c(N)c1. The summed E-state index contributed by atoms with van der Waals surface area (Å²) in [7, 11) is 0. The van der Waals surface area contributed by atoms with Gasteiger partial charge in [-0.2, -0.15) is 18.4 Å². The Morgan fingerprint density at radius 1 is 1.20 bits per heavy atom. The van der Waals surface area contributed by atoms with E-state index in [1.807, 2.05) is 6.07 Å². The van der Waals surface area contributed by atoms with E-state index in [1.54, 1.807) is 0 Å². The maximum absolute atomic E-state index is 12.4. The van der Waals surface area contributed by atoms with E-state index < -0.39 is 11.7 Å². The number of nitriles is 1. The van der Waals surface area contributed by atoms with Crippen molar-refractivity contribution >= 4 is 5.69 Å². The maximum atomic E-state index is 12.4. The third kappa shape index (κ3) is 2.98. The van der Waals surface area contributed by atoms with E-state index in [0.717, 1.165) is 12.1 Å². The molecule has 2 aromatic rings. The topological polar surface area (TPSA) is 71.9 Å². The summed E-state index contributed by atoms with van der Waals surface area (Å²) < 4.78 is 42.4. The van der Waals surface area contributed by atoms with E-state index in [-0.39, 0.29) is 17.3 Å². The van der Waals surface area contributed by atoms with Gasteiger partial charge in [0.05, 0.1) is 22.9 Å². The summed E-state index contributed by atoms with van der Waals surface area (Å²) in [6.45, 7) is 0. The van der Waals surface area contributed by atoms with Crippen LogP contribution in [0, 0.1) is 11.3 Å². The van der Waals surface area contributed by atoms with Gasteiger partial charge < -0.3 is 10.5 Å². The van der Waals surface area contributed by atoms with Gasteiger partial charge in [-0.3, -0.25) is 0 Å². The molecule has 1 aromatic heterocycles. The monoisotopic (exact) mass is 279 g/mol. The molecule has 0 radical (unpaired) electrons. The molecule has 0 saturated carbocycles. The van der Waals surface area contributed by atoms with Gasteiger partial charge in [0.2, 0.25) is 5.88 Å². The second-order valence-corrected chi connectivity index (χ2v) is 3.85. The van der Waals surface area contributed by atoms with Crippen LogP contribution in [0.15, 0.2) is 36.5 Å². The third-order valence-electron chi connectivity index (χ3n) is 2.42. The minimum atomic E-state index is -4.45. The lowest BCUT2D eigenvalue weighted by Crippen LogP contribution is -2.05. The Hall–Kier alpha value is -2.75. The van der Waals surface area contributed by atoms with Gasteiger partial charge in [0.1, 0.15) is 0 Å². The number of alkyl halides is 3. The van der Waals surface area contributed by atoms with Gasteiger partial charge in [-0.1, -0.05) is 0 Å². The van der Waals surface area contributed by atoms with Crippen LogP contribution >= 0.6 is 0 Å². The van der Waals surface area contributed by atoms with Gasteiger partial charge >= 0.3 is 6.18 Å². The summed E-state index contributed by atoms with van der Waals surface area (Å²) in [5, 5.41) is 8.68. The van der Waals surface area contributed by atoms with Gasteiger partial charge in [0.25, 0.3) is 0 Å². The van der Waals surface area contributed by atoms with Crippen LogP contribution in [0.4, 0.5) is 18.9 Å². The number of nitrogens with two attached hydrogens (primary N) is 1. The van der Waals surface area contributed by atoms with Crippen molar-refractivity contribution in [2.24, 2.45) is 0 Å². The average Bonchev–Trinajstić information content (AvgIpc) is 2.40. The number of nitrogens with zero attached hydrogens (tertiary/aromatic N) is 2. The van der Waals surface area contributed by atoms with Crippen molar-refractivity contribution in [2.45, 2.75) is 6.18 Å². The molecule has 0 amide bonds. The number of aromatic nitrogens is 1. The highest BCUT2D eigenvalue weighted by atomic mass is 19.4. The molecule has 2 rings (SSSR count). The lowest BCUT2D eigenvalue weighted by atomic mass is 10.2. The summed E-state index contributed by atoms with van der Waals surface area (Å²) in [5.74, 6) is 0.200. The fourth-order valence-electron chi connectivity index (χ4n) is 1.43. The largest absolute Gasteiger partial charge is 0.437 e. The van der Waals surface area contributed by atoms with Gasteiger partial charge in [0, 0.05) is 12.3 Å². The highest BCUT2D eigenvalue weighted by molar-refractivity contribution is 5.57. The first kappa shape index (κ1) is 13.7. The van der Waals surface area contributed by atoms with E-state index in [4.69, 9.17) is 15.7 Å². The maximum Gasteiger partial charge on any atom is 0.417 e. The number of halogens is 3. The molecule has 0 unspecified atom stereocenters. The van der Waals surface area contributed by atoms with Crippen LogP contribution in [-0.4, -0.2) is 4.98 Å². The standard InChI is InChI=1S/C13H8F3N3O/c14-13(15,16)9-2-4-12(19-7-9)20-11-3-1-8(6-17)5-10(11)18/h1-5,7H,18H2. The van der Waals surface area contributed by atoms with Crippen molar-refractivity contribution in [2.75, 3.05) is 5.73 Å². The summed E-state index contributed by atoms with van der Waals surface area (Å²) >= 11 is 0. The first-order chi connectivity index (χ1) is 9.40. The van der Waals surface area contributed by atoms with Gasteiger partial charge in [-0.15, -0.1) is 0 Å². The summed E-state index contributed by atoms with van der Waals surface area (Å²) in [5.41, 5.74) is 5.35. The Morgan fingerprint density at radius 3 is 2.45 bits per heavy atom. The summed E-state index contributed by atoms with van der Waals surface area (Å²) in [4.78, 5) is 3.56. The van der Waals surface area contributed by atoms with Crippen LogP contribution in [0.3, 0.4) is 0 Å². The van der Waals surface area contributed by atoms with E-state index in [2.05, 4.69) is 4.98 Å². The molecular weight excluding hydrogens is 271 g/mol. The van der Waals surface area contributed by atoms with Crippen molar-refractivity contribution < 1.29 is 17.9 Å². The molecule has 20 heavy (non-hydrogen) atoms. The molecule has 2 N–H and O–H groups in total. The number of anilines is 1. The van der Waals surface area contributed by atoms with E-state index in [1.165, 1.54) is 18.2 Å². The minimum absolute atomic E-state index is 0.0191. The van der Waals surface area contributed by atoms with Crippen LogP contribution in [0.1, 0.15) is 11.1 Å². The predicted molar refractivity (Wildman–Crippen MR) is 64.9 cm³/mol. The molecule has 0 spiro atoms. The lowest BCUT2D eigenvalue weighted by molar-refractivity contribution is -0.137. The summed E-state index contributed by atoms with van der Waals surface area (Å²) in [6, 6.07) is 8.20. The summed E-state index contributed by atoms with van der Waals surface area (Å²) in [6.07, 6.45) is -3.77. The quantitative estimate of drug-likeness (QED) is 0.856. The minimum Gasteiger partial charge on any atom is -0.437 e. The molecule has 0 atom stereocenters. The second kappa shape index (κ2) is 5.09. The number of pyridine rings is 1. The molecule has 0 aliphatic heterocycles. The van der Waals surface area contributed by atoms with Crippen LogP contribution in [0.25, 0.3) is 0 Å². The van der Waals surface area contributed by atoms with E-state index >= 15 is 0 Å². The third-order valence-corrected chi connectivity index (χ3v) is 2.42. The Morgan fingerprint density at radius 2 is 1.95 bits per heavy atom. The van der Waals surface area contributed by atoms with Gasteiger partial charge in [0.15, 0.2) is 5.75 Å². The Labute approximate surface area is 112 Å². The average molecular weight is 279 g/mol. The number of hydrogen-bond acceptors (Lipinski definition) is 4. The Bertz CT molecular complexity index is 660. The number of hydrogen-bond donors (Lipinski definition) is 1. The van der Waals surface area contributed by atoms with Gasteiger partial charge in [-0.25, -0.2) is 4.98 Å². The molecule has 1 heterocycles. The zero-order valence-corrected chi connectivity index (χ0v) is 9.98. The molecule has 0 fully saturated rings. The van der Waals surface area contributed by atoms with Crippen LogP contribution in [0.2, 0.25) is 0 Å². The predicted octanol–water partition coefficient (Wildman–Crippen LogP) is 3.35. The van der Waals surface area contributed by atoms with E-state index in [9.17, 15) is 13.2 Å². The number of ether oxygens (including phenoxy) is 1.